The fourth-order valence-electron chi connectivity index (χ4n) is 2.15. The molecule has 0 aromatic carbocycles. The Labute approximate surface area is 123 Å². The minimum Gasteiger partial charge on any atom is -0.465 e. The molecule has 0 saturated heterocycles. The summed E-state index contributed by atoms with van der Waals surface area (Å²) in [4.78, 5) is 15.2. The number of hydrogen-bond donors (Lipinski definition) is 3. The monoisotopic (exact) mass is 339 g/mol. The van der Waals surface area contributed by atoms with Crippen LogP contribution in [0, 0.1) is 0 Å². The van der Waals surface area contributed by atoms with Crippen molar-refractivity contribution in [1.82, 2.24) is 20.1 Å². The highest BCUT2D eigenvalue weighted by molar-refractivity contribution is 9.10. The molecule has 0 radical (unpaired) electrons. The Morgan fingerprint density at radius 1 is 1.60 bits per heavy atom. The second-order valence-electron chi connectivity index (χ2n) is 5.06. The minimum absolute atomic E-state index is 0.346. The summed E-state index contributed by atoms with van der Waals surface area (Å²) in [6, 6.07) is 1.88. The van der Waals surface area contributed by atoms with Crippen molar-refractivity contribution in [3.05, 3.63) is 16.7 Å². The van der Waals surface area contributed by atoms with Crippen LogP contribution in [0.25, 0.3) is 11.0 Å². The quantitative estimate of drug-likeness (QED) is 0.791. The Morgan fingerprint density at radius 3 is 3.00 bits per heavy atom. The number of carboxylic acid groups (broad SMARTS) is 1. The van der Waals surface area contributed by atoms with Crippen LogP contribution < -0.4 is 10.6 Å². The molecule has 2 aromatic heterocycles. The number of carbonyl (C=O) groups is 1. The van der Waals surface area contributed by atoms with E-state index >= 15 is 0 Å². The molecule has 3 N–H and O–H groups in total. The lowest BCUT2D eigenvalue weighted by Gasteiger charge is -2.16. The van der Waals surface area contributed by atoms with Gasteiger partial charge in [0.05, 0.1) is 17.1 Å². The van der Waals surface area contributed by atoms with E-state index in [9.17, 15) is 4.79 Å². The van der Waals surface area contributed by atoms with E-state index in [-0.39, 0.29) is 5.54 Å². The molecule has 1 saturated carbocycles. The van der Waals surface area contributed by atoms with Gasteiger partial charge < -0.3 is 15.7 Å². The van der Waals surface area contributed by atoms with Crippen LogP contribution in [0.3, 0.4) is 0 Å². The number of halogens is 1. The summed E-state index contributed by atoms with van der Waals surface area (Å²) in [5.74, 6) is 0.700. The SMILES string of the molecule is Cn1ncc2c(Br)cc(NCC3(NC(=O)O)CC3)nc21. The van der Waals surface area contributed by atoms with Crippen LogP contribution in [0.4, 0.5) is 10.6 Å². The van der Waals surface area contributed by atoms with Gasteiger partial charge in [-0.1, -0.05) is 0 Å². The zero-order valence-corrected chi connectivity index (χ0v) is 12.4. The molecule has 1 fully saturated rings. The minimum atomic E-state index is -0.986. The van der Waals surface area contributed by atoms with Crippen molar-refractivity contribution in [3.8, 4) is 0 Å². The molecule has 8 heteroatoms. The van der Waals surface area contributed by atoms with Crippen LogP contribution in [0.5, 0.6) is 0 Å². The number of nitrogens with one attached hydrogen (secondary N) is 2. The Hall–Kier alpha value is -1.83. The van der Waals surface area contributed by atoms with E-state index in [1.165, 1.54) is 0 Å². The molecule has 20 heavy (non-hydrogen) atoms. The van der Waals surface area contributed by atoms with E-state index in [0.29, 0.717) is 12.4 Å². The molecule has 0 bridgehead atoms. The molecule has 7 nitrogen and oxygen atoms in total. The van der Waals surface area contributed by atoms with Gasteiger partial charge in [0.25, 0.3) is 0 Å². The first-order valence-corrected chi connectivity index (χ1v) is 7.02. The lowest BCUT2D eigenvalue weighted by molar-refractivity contribution is 0.189. The zero-order valence-electron chi connectivity index (χ0n) is 10.9. The average Bonchev–Trinajstić information content (AvgIpc) is 3.03. The first-order valence-electron chi connectivity index (χ1n) is 6.22. The molecule has 0 unspecified atom stereocenters. The van der Waals surface area contributed by atoms with Crippen LogP contribution in [0.2, 0.25) is 0 Å². The van der Waals surface area contributed by atoms with Crippen LogP contribution in [-0.2, 0) is 7.05 Å². The Balaban J connectivity index is 1.78. The van der Waals surface area contributed by atoms with Gasteiger partial charge in [-0.2, -0.15) is 5.10 Å². The van der Waals surface area contributed by atoms with Crippen molar-refractivity contribution < 1.29 is 9.90 Å². The van der Waals surface area contributed by atoms with Gasteiger partial charge in [-0.05, 0) is 34.8 Å². The van der Waals surface area contributed by atoms with Gasteiger partial charge in [0.1, 0.15) is 5.82 Å². The highest BCUT2D eigenvalue weighted by Gasteiger charge is 2.44. The first kappa shape index (κ1) is 13.2. The maximum Gasteiger partial charge on any atom is 0.405 e. The molecule has 1 amide bonds. The van der Waals surface area contributed by atoms with Crippen LogP contribution in [0.1, 0.15) is 12.8 Å². The molecular weight excluding hydrogens is 326 g/mol. The number of aryl methyl sites for hydroxylation is 1. The van der Waals surface area contributed by atoms with Crippen molar-refractivity contribution in [2.24, 2.45) is 7.05 Å². The molecule has 0 atom stereocenters. The Morgan fingerprint density at radius 2 is 2.35 bits per heavy atom. The molecule has 0 spiro atoms. The second-order valence-corrected chi connectivity index (χ2v) is 5.91. The largest absolute Gasteiger partial charge is 0.465 e. The third kappa shape index (κ3) is 2.43. The normalized spacial score (nSPS) is 16.1. The van der Waals surface area contributed by atoms with E-state index in [1.54, 1.807) is 10.9 Å². The van der Waals surface area contributed by atoms with Gasteiger partial charge in [-0.25, -0.2) is 9.78 Å². The smallest absolute Gasteiger partial charge is 0.405 e. The third-order valence-corrected chi connectivity index (χ3v) is 4.14. The summed E-state index contributed by atoms with van der Waals surface area (Å²) >= 11 is 3.49. The molecule has 2 heterocycles. The summed E-state index contributed by atoms with van der Waals surface area (Å²) in [6.45, 7) is 0.530. The second kappa shape index (κ2) is 4.62. The van der Waals surface area contributed by atoms with Crippen molar-refractivity contribution in [1.29, 1.82) is 0 Å². The topological polar surface area (TPSA) is 92.1 Å². The maximum absolute atomic E-state index is 10.7. The van der Waals surface area contributed by atoms with Crippen molar-refractivity contribution in [2.45, 2.75) is 18.4 Å². The summed E-state index contributed by atoms with van der Waals surface area (Å²) in [7, 11) is 1.83. The lowest BCUT2D eigenvalue weighted by atomic mass is 10.2. The average molecular weight is 340 g/mol. The van der Waals surface area contributed by atoms with E-state index < -0.39 is 6.09 Å². The first-order chi connectivity index (χ1) is 9.49. The summed E-state index contributed by atoms with van der Waals surface area (Å²) in [6.07, 6.45) is 2.47. The molecule has 0 aliphatic heterocycles. The number of anilines is 1. The van der Waals surface area contributed by atoms with Gasteiger partial charge in [-0.3, -0.25) is 4.68 Å². The predicted octanol–water partition coefficient (Wildman–Crippen LogP) is 1.94. The standard InChI is InChI=1S/C12H14BrN5O2/c1-18-10-7(5-15-18)8(13)4-9(16-10)14-6-12(2-3-12)17-11(19)20/h4-5,17H,2-3,6H2,1H3,(H,14,16)(H,19,20). The molecule has 1 aliphatic rings. The van der Waals surface area contributed by atoms with Crippen LogP contribution in [-0.4, -0.2) is 38.0 Å². The van der Waals surface area contributed by atoms with Crippen molar-refractivity contribution >= 4 is 38.9 Å². The van der Waals surface area contributed by atoms with E-state index in [0.717, 1.165) is 28.3 Å². The lowest BCUT2D eigenvalue weighted by Crippen LogP contribution is -2.41. The molecule has 1 aliphatic carbocycles. The fourth-order valence-corrected chi connectivity index (χ4v) is 2.65. The Bertz CT molecular complexity index is 680. The van der Waals surface area contributed by atoms with Crippen molar-refractivity contribution in [3.63, 3.8) is 0 Å². The third-order valence-electron chi connectivity index (χ3n) is 3.49. The molecule has 3 rings (SSSR count). The highest BCUT2D eigenvalue weighted by atomic mass is 79.9. The predicted molar refractivity (Wildman–Crippen MR) is 77.8 cm³/mol. The molecule has 2 aromatic rings. The van der Waals surface area contributed by atoms with E-state index in [2.05, 4.69) is 36.6 Å². The number of aromatic nitrogens is 3. The number of amides is 1. The zero-order chi connectivity index (χ0) is 14.3. The van der Waals surface area contributed by atoms with Gasteiger partial charge >= 0.3 is 6.09 Å². The van der Waals surface area contributed by atoms with Gasteiger partial charge in [0, 0.05) is 18.1 Å². The summed E-state index contributed by atoms with van der Waals surface area (Å²) < 4.78 is 2.61. The number of hydrogen-bond acceptors (Lipinski definition) is 4. The highest BCUT2D eigenvalue weighted by Crippen LogP contribution is 2.35. The maximum atomic E-state index is 10.7. The summed E-state index contributed by atoms with van der Waals surface area (Å²) in [5, 5.41) is 19.7. The van der Waals surface area contributed by atoms with Gasteiger partial charge in [0.2, 0.25) is 0 Å². The molecule has 106 valence electrons. The number of nitrogens with zero attached hydrogens (tertiary/aromatic N) is 3. The van der Waals surface area contributed by atoms with Gasteiger partial charge in [-0.15, -0.1) is 0 Å². The van der Waals surface area contributed by atoms with Crippen LogP contribution >= 0.6 is 15.9 Å². The number of pyridine rings is 1. The summed E-state index contributed by atoms with van der Waals surface area (Å²) in [5.41, 5.74) is 0.430. The van der Waals surface area contributed by atoms with Gasteiger partial charge in [0.15, 0.2) is 5.65 Å². The fraction of sp³-hybridized carbons (Fsp3) is 0.417. The van der Waals surface area contributed by atoms with Crippen LogP contribution in [0.15, 0.2) is 16.7 Å². The van der Waals surface area contributed by atoms with Crippen molar-refractivity contribution in [2.75, 3.05) is 11.9 Å². The van der Waals surface area contributed by atoms with E-state index in [4.69, 9.17) is 5.11 Å². The number of fused-ring (bicyclic) bond motifs is 1. The number of rotatable bonds is 4. The molecular formula is C12H14BrN5O2. The van der Waals surface area contributed by atoms with E-state index in [1.807, 2.05) is 13.1 Å². The Kier molecular flexibility index (Phi) is 3.04.